The van der Waals surface area contributed by atoms with E-state index in [-0.39, 0.29) is 31.6 Å². The van der Waals surface area contributed by atoms with Crippen molar-refractivity contribution in [3.63, 3.8) is 0 Å². The molecular formula is C35H42FN5O6S. The third kappa shape index (κ3) is 8.33. The fraction of sp³-hybridized carbons (Fsp3) is 0.343. The van der Waals surface area contributed by atoms with Gasteiger partial charge in [0, 0.05) is 18.7 Å². The molecule has 5 rings (SSSR count). The van der Waals surface area contributed by atoms with Gasteiger partial charge < -0.3 is 14.6 Å². The average Bonchev–Trinajstić information content (AvgIpc) is 3.74. The van der Waals surface area contributed by atoms with Crippen LogP contribution in [0.15, 0.2) is 83.2 Å². The zero-order valence-corrected chi connectivity index (χ0v) is 28.9. The molecule has 1 N–H and O–H groups in total. The fourth-order valence-electron chi connectivity index (χ4n) is 4.79. The molecule has 0 fully saturated rings. The average molecular weight is 680 g/mol. The van der Waals surface area contributed by atoms with Crippen molar-refractivity contribution in [1.82, 2.24) is 24.1 Å². The highest BCUT2D eigenvalue weighted by Gasteiger charge is 2.37. The molecule has 5 aromatic rings. The second kappa shape index (κ2) is 17.3. The molecule has 0 radical (unpaired) electrons. The Labute approximate surface area is 282 Å². The van der Waals surface area contributed by atoms with Crippen molar-refractivity contribution in [1.29, 1.82) is 0 Å². The Balaban J connectivity index is 0.000000818. The predicted octanol–water partition coefficient (Wildman–Crippen LogP) is 5.56. The minimum atomic E-state index is -1.64. The van der Waals surface area contributed by atoms with E-state index in [2.05, 4.69) is 16.8 Å². The van der Waals surface area contributed by atoms with Crippen molar-refractivity contribution >= 4 is 27.5 Å². The predicted molar refractivity (Wildman–Crippen MR) is 185 cm³/mol. The van der Waals surface area contributed by atoms with Crippen molar-refractivity contribution in [3.8, 4) is 10.8 Å². The summed E-state index contributed by atoms with van der Waals surface area (Å²) in [5, 5.41) is 17.2. The molecule has 11 nitrogen and oxygen atoms in total. The molecule has 0 saturated heterocycles. The Morgan fingerprint density at radius 1 is 1.10 bits per heavy atom. The lowest BCUT2D eigenvalue weighted by Gasteiger charge is -2.26. The van der Waals surface area contributed by atoms with Gasteiger partial charge in [-0.15, -0.1) is 11.4 Å². The number of halogens is 1. The summed E-state index contributed by atoms with van der Waals surface area (Å²) in [7, 11) is 1.48. The first-order valence-corrected chi connectivity index (χ1v) is 16.3. The van der Waals surface area contributed by atoms with E-state index in [1.54, 1.807) is 13.0 Å². The molecule has 0 bridgehead atoms. The van der Waals surface area contributed by atoms with E-state index in [0.29, 0.717) is 33.1 Å². The number of methoxy groups -OCH3 is 1. The maximum Gasteiger partial charge on any atom is 0.333 e. The van der Waals surface area contributed by atoms with Gasteiger partial charge in [0.25, 0.3) is 5.56 Å². The second-order valence-electron chi connectivity index (χ2n) is 10.7. The third-order valence-electron chi connectivity index (χ3n) is 7.24. The van der Waals surface area contributed by atoms with Crippen LogP contribution in [-0.4, -0.2) is 48.9 Å². The molecule has 0 amide bonds. The van der Waals surface area contributed by atoms with Crippen LogP contribution in [-0.2, 0) is 34.6 Å². The molecule has 0 aliphatic carbocycles. The Hall–Kier alpha value is -4.88. The van der Waals surface area contributed by atoms with E-state index in [1.165, 1.54) is 72.3 Å². The molecular weight excluding hydrogens is 637 g/mol. The van der Waals surface area contributed by atoms with Crippen LogP contribution in [0.1, 0.15) is 50.8 Å². The lowest BCUT2D eigenvalue weighted by atomic mass is 10.1. The first-order chi connectivity index (χ1) is 23.0. The summed E-state index contributed by atoms with van der Waals surface area (Å²) in [5.41, 5.74) is -1.09. The number of aliphatic hydroxyl groups is 1. The van der Waals surface area contributed by atoms with Gasteiger partial charge in [0.2, 0.25) is 0 Å². The highest BCUT2D eigenvalue weighted by Crippen LogP contribution is 2.31. The summed E-state index contributed by atoms with van der Waals surface area (Å²) in [6.45, 7) is 12.4. The number of rotatable bonds is 11. The summed E-state index contributed by atoms with van der Waals surface area (Å²) < 4.78 is 27.4. The third-order valence-corrected chi connectivity index (χ3v) is 8.52. The van der Waals surface area contributed by atoms with E-state index >= 15 is 0 Å². The number of carbonyl (C=O) groups is 1. The van der Waals surface area contributed by atoms with Gasteiger partial charge >= 0.3 is 11.7 Å². The minimum absolute atomic E-state index is 0.0136. The Bertz CT molecular complexity index is 1930. The smallest absolute Gasteiger partial charge is 0.333 e. The van der Waals surface area contributed by atoms with Crippen LogP contribution in [0.2, 0.25) is 0 Å². The molecule has 0 unspecified atom stereocenters. The molecule has 3 heterocycles. The minimum Gasteiger partial charge on any atom is -0.496 e. The van der Waals surface area contributed by atoms with Crippen molar-refractivity contribution in [2.24, 2.45) is 0 Å². The zero-order valence-electron chi connectivity index (χ0n) is 28.1. The van der Waals surface area contributed by atoms with E-state index in [4.69, 9.17) is 14.6 Å². The normalized spacial score (nSPS) is 10.8. The van der Waals surface area contributed by atoms with Gasteiger partial charge in [0.15, 0.2) is 0 Å². The summed E-state index contributed by atoms with van der Waals surface area (Å²) >= 11 is 1.19. The number of hydrogen-bond acceptors (Lipinski definition) is 9. The quantitative estimate of drug-likeness (QED) is 0.142. The number of benzene rings is 2. The molecule has 0 atom stereocenters. The summed E-state index contributed by atoms with van der Waals surface area (Å²) in [6, 6.07) is 13.3. The van der Waals surface area contributed by atoms with Gasteiger partial charge in [-0.25, -0.2) is 18.5 Å². The number of thiophene rings is 1. The number of esters is 1. The zero-order chi connectivity index (χ0) is 35.4. The topological polar surface area (TPSA) is 130 Å². The lowest BCUT2D eigenvalue weighted by molar-refractivity contribution is -0.154. The van der Waals surface area contributed by atoms with Crippen LogP contribution in [0, 0.1) is 12.7 Å². The van der Waals surface area contributed by atoms with Crippen molar-refractivity contribution in [2.75, 3.05) is 13.7 Å². The van der Waals surface area contributed by atoms with E-state index in [0.717, 1.165) is 10.1 Å². The lowest BCUT2D eigenvalue weighted by Crippen LogP contribution is -2.53. The van der Waals surface area contributed by atoms with Gasteiger partial charge in [-0.1, -0.05) is 61.6 Å². The Kier molecular flexibility index (Phi) is 13.6. The number of aliphatic hydroxyl groups excluding tert-OH is 1. The number of aromatic nitrogens is 5. The fourth-order valence-corrected chi connectivity index (χ4v) is 6.03. The molecule has 256 valence electrons. The van der Waals surface area contributed by atoms with Gasteiger partial charge in [0.05, 0.1) is 24.9 Å². The molecule has 13 heteroatoms. The van der Waals surface area contributed by atoms with E-state index < -0.39 is 28.6 Å². The molecule has 0 aliphatic heterocycles. The molecule has 3 aromatic heterocycles. The highest BCUT2D eigenvalue weighted by molar-refractivity contribution is 7.21. The summed E-state index contributed by atoms with van der Waals surface area (Å²) in [5.74, 6) is -0.706. The first-order valence-electron chi connectivity index (χ1n) is 15.5. The van der Waals surface area contributed by atoms with Crippen LogP contribution in [0.3, 0.4) is 0 Å². The number of nitrogens with zero attached hydrogens (tertiary/aromatic N) is 5. The van der Waals surface area contributed by atoms with Gasteiger partial charge in [-0.05, 0) is 62.9 Å². The maximum absolute atomic E-state index is 14.1. The Morgan fingerprint density at radius 2 is 1.77 bits per heavy atom. The standard InChI is InChI=1S/C29H28FN5O5S.C4H8O.C2H6/c1-18-23-24(36)34(29(2,3)27(37)40-17-19-8-6-5-7-9-19)28(38)33(26(23)41-25(18)35-31-13-14-32-35)15-12-20-16-21(30)10-11-22(20)39-4;1-2-3-4-5;1-2/h5-11,13-14,16H,12,15,17H2,1-4H3;2,5H,1,3-4H2;1-2H3. The first kappa shape index (κ1) is 37.6. The second-order valence-corrected chi connectivity index (χ2v) is 11.7. The maximum atomic E-state index is 14.1. The number of carbonyl (C=O) groups excluding carboxylic acids is 1. The molecule has 2 aromatic carbocycles. The van der Waals surface area contributed by atoms with E-state index in [1.807, 2.05) is 44.2 Å². The number of hydrogen-bond donors (Lipinski definition) is 1. The van der Waals surface area contributed by atoms with Crippen LogP contribution in [0.5, 0.6) is 5.75 Å². The number of aryl methyl sites for hydroxylation is 3. The van der Waals surface area contributed by atoms with Crippen LogP contribution in [0.4, 0.5) is 4.39 Å². The monoisotopic (exact) mass is 679 g/mol. The largest absolute Gasteiger partial charge is 0.496 e. The Morgan fingerprint density at radius 3 is 2.35 bits per heavy atom. The van der Waals surface area contributed by atoms with Crippen LogP contribution >= 0.6 is 11.3 Å². The van der Waals surface area contributed by atoms with Crippen molar-refractivity contribution in [2.45, 2.75) is 66.2 Å². The SMILES string of the molecule is C=CCCO.CC.COc1ccc(F)cc1CCn1c(=O)n(C(C)(C)C(=O)OCc2ccccc2)c(=O)c2c(C)c(-n3nccn3)sc21. The van der Waals surface area contributed by atoms with Gasteiger partial charge in [-0.3, -0.25) is 9.36 Å². The van der Waals surface area contributed by atoms with Crippen LogP contribution < -0.4 is 16.0 Å². The number of ether oxygens (including phenoxy) is 2. The molecule has 0 aliphatic rings. The van der Waals surface area contributed by atoms with E-state index in [9.17, 15) is 18.8 Å². The van der Waals surface area contributed by atoms with Crippen molar-refractivity contribution < 1.29 is 23.8 Å². The molecule has 48 heavy (non-hydrogen) atoms. The number of fused-ring (bicyclic) bond motifs is 1. The van der Waals surface area contributed by atoms with Crippen molar-refractivity contribution in [3.05, 3.63) is 117 Å². The summed E-state index contributed by atoms with van der Waals surface area (Å²) in [6.07, 6.45) is 5.63. The summed E-state index contributed by atoms with van der Waals surface area (Å²) in [4.78, 5) is 43.2. The van der Waals surface area contributed by atoms with Gasteiger partial charge in [0.1, 0.15) is 33.5 Å². The molecule has 0 saturated carbocycles. The molecule has 0 spiro atoms. The van der Waals surface area contributed by atoms with Gasteiger partial charge in [-0.2, -0.15) is 10.2 Å². The highest BCUT2D eigenvalue weighted by atomic mass is 32.1. The van der Waals surface area contributed by atoms with Crippen LogP contribution in [0.25, 0.3) is 15.2 Å².